The van der Waals surface area contributed by atoms with Crippen LogP contribution < -0.4 is 14.8 Å². The number of carbonyl (C=O) groups is 2. The maximum absolute atomic E-state index is 11.9. The van der Waals surface area contributed by atoms with Crippen LogP contribution in [0.4, 0.5) is 5.69 Å². The van der Waals surface area contributed by atoms with Gasteiger partial charge in [-0.2, -0.15) is 0 Å². The van der Waals surface area contributed by atoms with E-state index in [0.717, 1.165) is 11.1 Å². The van der Waals surface area contributed by atoms with Crippen molar-refractivity contribution in [3.05, 3.63) is 59.2 Å². The molecule has 6 heteroatoms. The number of hydrogen-bond acceptors (Lipinski definition) is 5. The Morgan fingerprint density at radius 2 is 1.67 bits per heavy atom. The monoisotopic (exact) mass is 369 g/mol. The van der Waals surface area contributed by atoms with Gasteiger partial charge >= 0.3 is 5.97 Å². The number of nitrogens with one attached hydrogen (secondary N) is 1. The van der Waals surface area contributed by atoms with Gasteiger partial charge in [0.15, 0.2) is 6.61 Å². The van der Waals surface area contributed by atoms with E-state index in [1.165, 1.54) is 6.08 Å². The predicted octanol–water partition coefficient (Wildman–Crippen LogP) is 3.52. The second kappa shape index (κ2) is 9.43. The second-order valence-electron chi connectivity index (χ2n) is 5.95. The largest absolute Gasteiger partial charge is 0.497 e. The number of carbonyl (C=O) groups excluding carboxylic acids is 2. The van der Waals surface area contributed by atoms with Crippen molar-refractivity contribution >= 4 is 23.6 Å². The Kier molecular flexibility index (Phi) is 7.00. The molecule has 0 atom stereocenters. The van der Waals surface area contributed by atoms with Gasteiger partial charge in [-0.15, -0.1) is 0 Å². The molecule has 0 saturated heterocycles. The Hall–Kier alpha value is -3.28. The highest BCUT2D eigenvalue weighted by Gasteiger charge is 2.08. The lowest BCUT2D eigenvalue weighted by Crippen LogP contribution is -2.20. The highest BCUT2D eigenvalue weighted by molar-refractivity contribution is 5.95. The molecule has 2 aromatic carbocycles. The molecular formula is C21H23NO5. The number of benzene rings is 2. The maximum Gasteiger partial charge on any atom is 0.331 e. The first-order valence-corrected chi connectivity index (χ1v) is 8.36. The summed E-state index contributed by atoms with van der Waals surface area (Å²) >= 11 is 0. The second-order valence-corrected chi connectivity index (χ2v) is 5.95. The zero-order valence-corrected chi connectivity index (χ0v) is 15.9. The average molecular weight is 369 g/mol. The van der Waals surface area contributed by atoms with Crippen molar-refractivity contribution in [2.24, 2.45) is 0 Å². The van der Waals surface area contributed by atoms with Gasteiger partial charge in [0, 0.05) is 17.8 Å². The van der Waals surface area contributed by atoms with Crippen LogP contribution in [0.3, 0.4) is 0 Å². The van der Waals surface area contributed by atoms with E-state index in [0.29, 0.717) is 22.7 Å². The van der Waals surface area contributed by atoms with Crippen molar-refractivity contribution in [3.63, 3.8) is 0 Å². The van der Waals surface area contributed by atoms with Gasteiger partial charge in [-0.25, -0.2) is 4.79 Å². The molecule has 0 bridgehead atoms. The van der Waals surface area contributed by atoms with Crippen LogP contribution in [0.15, 0.2) is 42.5 Å². The summed E-state index contributed by atoms with van der Waals surface area (Å²) in [6.45, 7) is 3.52. The molecule has 6 nitrogen and oxygen atoms in total. The maximum atomic E-state index is 11.9. The standard InChI is InChI=1S/C21H23NO5/c1-14-5-7-19(15(2)9-14)22-20(23)13-27-21(24)8-6-16-10-17(25-3)12-18(11-16)26-4/h5-12H,13H2,1-4H3,(H,22,23)/b8-6+. The fourth-order valence-electron chi connectivity index (χ4n) is 2.41. The van der Waals surface area contributed by atoms with Gasteiger partial charge in [0.1, 0.15) is 11.5 Å². The third-order valence-electron chi connectivity index (χ3n) is 3.79. The quantitative estimate of drug-likeness (QED) is 0.597. The molecule has 0 aromatic heterocycles. The first-order valence-electron chi connectivity index (χ1n) is 8.36. The number of hydrogen-bond donors (Lipinski definition) is 1. The van der Waals surface area contributed by atoms with Gasteiger partial charge in [-0.05, 0) is 49.2 Å². The Balaban J connectivity index is 1.90. The van der Waals surface area contributed by atoms with Gasteiger partial charge < -0.3 is 19.5 Å². The molecule has 2 aromatic rings. The fraction of sp³-hybridized carbons (Fsp3) is 0.238. The van der Waals surface area contributed by atoms with Crippen molar-refractivity contribution in [1.29, 1.82) is 0 Å². The Labute approximate surface area is 158 Å². The lowest BCUT2D eigenvalue weighted by atomic mass is 10.1. The zero-order valence-electron chi connectivity index (χ0n) is 15.9. The third-order valence-corrected chi connectivity index (χ3v) is 3.79. The molecule has 1 N–H and O–H groups in total. The first-order chi connectivity index (χ1) is 12.9. The highest BCUT2D eigenvalue weighted by Crippen LogP contribution is 2.23. The summed E-state index contributed by atoms with van der Waals surface area (Å²) < 4.78 is 15.3. The minimum absolute atomic E-state index is 0.363. The molecule has 0 saturated carbocycles. The van der Waals surface area contributed by atoms with E-state index in [9.17, 15) is 9.59 Å². The number of esters is 1. The van der Waals surface area contributed by atoms with Crippen LogP contribution >= 0.6 is 0 Å². The Bertz CT molecular complexity index is 835. The molecule has 0 unspecified atom stereocenters. The van der Waals surface area contributed by atoms with Gasteiger partial charge in [-0.3, -0.25) is 4.79 Å². The Morgan fingerprint density at radius 1 is 1.00 bits per heavy atom. The predicted molar refractivity (Wildman–Crippen MR) is 104 cm³/mol. The normalized spacial score (nSPS) is 10.5. The molecule has 0 radical (unpaired) electrons. The lowest BCUT2D eigenvalue weighted by Gasteiger charge is -2.09. The number of aryl methyl sites for hydroxylation is 2. The van der Waals surface area contributed by atoms with Crippen LogP contribution in [-0.4, -0.2) is 32.7 Å². The van der Waals surface area contributed by atoms with Gasteiger partial charge in [0.05, 0.1) is 14.2 Å². The molecule has 0 fully saturated rings. The van der Waals surface area contributed by atoms with E-state index in [1.54, 1.807) is 38.5 Å². The zero-order chi connectivity index (χ0) is 19.8. The average Bonchev–Trinajstić information content (AvgIpc) is 2.66. The minimum Gasteiger partial charge on any atom is -0.497 e. The minimum atomic E-state index is -0.618. The summed E-state index contributed by atoms with van der Waals surface area (Å²) in [6, 6.07) is 10.9. The summed E-state index contributed by atoms with van der Waals surface area (Å²) in [5.74, 6) is 0.199. The summed E-state index contributed by atoms with van der Waals surface area (Å²) in [5.41, 5.74) is 3.46. The van der Waals surface area contributed by atoms with Crippen LogP contribution in [0.1, 0.15) is 16.7 Å². The molecule has 1 amide bonds. The van der Waals surface area contributed by atoms with E-state index in [2.05, 4.69) is 5.32 Å². The highest BCUT2D eigenvalue weighted by atomic mass is 16.5. The van der Waals surface area contributed by atoms with Crippen LogP contribution in [-0.2, 0) is 14.3 Å². The van der Waals surface area contributed by atoms with Gasteiger partial charge in [-0.1, -0.05) is 17.7 Å². The number of methoxy groups -OCH3 is 2. The van der Waals surface area contributed by atoms with E-state index >= 15 is 0 Å². The van der Waals surface area contributed by atoms with Crippen molar-refractivity contribution < 1.29 is 23.8 Å². The smallest absolute Gasteiger partial charge is 0.331 e. The fourth-order valence-corrected chi connectivity index (χ4v) is 2.41. The molecule has 0 heterocycles. The summed E-state index contributed by atoms with van der Waals surface area (Å²) in [5, 5.41) is 2.72. The van der Waals surface area contributed by atoms with Crippen molar-refractivity contribution in [1.82, 2.24) is 0 Å². The summed E-state index contributed by atoms with van der Waals surface area (Å²) in [7, 11) is 3.09. The topological polar surface area (TPSA) is 73.9 Å². The third kappa shape index (κ3) is 6.18. The lowest BCUT2D eigenvalue weighted by molar-refractivity contribution is -0.142. The molecule has 27 heavy (non-hydrogen) atoms. The molecule has 0 aliphatic heterocycles. The van der Waals surface area contributed by atoms with Crippen molar-refractivity contribution in [2.45, 2.75) is 13.8 Å². The van der Waals surface area contributed by atoms with E-state index < -0.39 is 11.9 Å². The van der Waals surface area contributed by atoms with Crippen LogP contribution in [0.2, 0.25) is 0 Å². The summed E-state index contributed by atoms with van der Waals surface area (Å²) in [6.07, 6.45) is 2.81. The van der Waals surface area contributed by atoms with Gasteiger partial charge in [0.25, 0.3) is 5.91 Å². The number of ether oxygens (including phenoxy) is 3. The summed E-state index contributed by atoms with van der Waals surface area (Å²) in [4.78, 5) is 23.8. The first kappa shape index (κ1) is 20.0. The molecular weight excluding hydrogens is 346 g/mol. The molecule has 0 aliphatic carbocycles. The Morgan fingerprint density at radius 3 is 2.26 bits per heavy atom. The number of amides is 1. The molecule has 0 spiro atoms. The van der Waals surface area contributed by atoms with E-state index in [-0.39, 0.29) is 6.61 Å². The van der Waals surface area contributed by atoms with Crippen LogP contribution in [0.5, 0.6) is 11.5 Å². The molecule has 142 valence electrons. The number of rotatable bonds is 7. The van der Waals surface area contributed by atoms with Crippen molar-refractivity contribution in [2.75, 3.05) is 26.1 Å². The molecule has 0 aliphatic rings. The van der Waals surface area contributed by atoms with Crippen LogP contribution in [0, 0.1) is 13.8 Å². The van der Waals surface area contributed by atoms with E-state index in [1.807, 2.05) is 32.0 Å². The van der Waals surface area contributed by atoms with Crippen LogP contribution in [0.25, 0.3) is 6.08 Å². The van der Waals surface area contributed by atoms with E-state index in [4.69, 9.17) is 14.2 Å². The SMILES string of the molecule is COc1cc(/C=C/C(=O)OCC(=O)Nc2ccc(C)cc2C)cc(OC)c1. The molecule has 2 rings (SSSR count). The van der Waals surface area contributed by atoms with Gasteiger partial charge in [0.2, 0.25) is 0 Å². The van der Waals surface area contributed by atoms with Crippen molar-refractivity contribution in [3.8, 4) is 11.5 Å². The number of anilines is 1.